The van der Waals surface area contributed by atoms with Crippen LogP contribution in [0.4, 0.5) is 0 Å². The van der Waals surface area contributed by atoms with E-state index in [1.165, 1.54) is 11.8 Å². The molecule has 0 saturated carbocycles. The molecule has 0 radical (unpaired) electrons. The van der Waals surface area contributed by atoms with E-state index in [2.05, 4.69) is 0 Å². The van der Waals surface area contributed by atoms with Crippen LogP contribution in [0.1, 0.15) is 13.3 Å². The first-order chi connectivity index (χ1) is 20.9. The first-order valence-corrected chi connectivity index (χ1v) is 15.5. The smallest absolute Gasteiger partial charge is 0.221 e. The summed E-state index contributed by atoms with van der Waals surface area (Å²) in [6.07, 6.45) is -24.5. The van der Waals surface area contributed by atoms with Gasteiger partial charge in [0, 0.05) is 25.8 Å². The third kappa shape index (κ3) is 8.55. The van der Waals surface area contributed by atoms with Gasteiger partial charge < -0.3 is 85.4 Å². The number of aliphatic hydroxyl groups is 10. The monoisotopic (exact) mass is 662 g/mol. The number of nitrogens with zero attached hydrogens (tertiary/aromatic N) is 1. The van der Waals surface area contributed by atoms with Crippen molar-refractivity contribution < 1.29 is 79.5 Å². The molecule has 3 rings (SSSR count). The molecule has 19 heteroatoms. The molecule has 3 aliphatic rings. The van der Waals surface area contributed by atoms with Gasteiger partial charge in [0.2, 0.25) is 5.91 Å². The molecule has 0 aliphatic carbocycles. The van der Waals surface area contributed by atoms with Crippen LogP contribution >= 0.6 is 11.8 Å². The second-order valence-corrected chi connectivity index (χ2v) is 12.0. The zero-order chi connectivity index (χ0) is 32.7. The van der Waals surface area contributed by atoms with Gasteiger partial charge in [0.05, 0.1) is 19.8 Å². The lowest BCUT2D eigenvalue weighted by molar-refractivity contribution is -0.376. The summed E-state index contributed by atoms with van der Waals surface area (Å²) in [7, 11) is 0. The number of ether oxygens (including phenoxy) is 5. The molecule has 0 spiro atoms. The molecule has 0 unspecified atom stereocenters. The highest BCUT2D eigenvalue weighted by Crippen LogP contribution is 2.33. The zero-order valence-corrected chi connectivity index (χ0v) is 25.0. The van der Waals surface area contributed by atoms with Crippen molar-refractivity contribution in [2.75, 3.05) is 44.4 Å². The SMILES string of the molecule is CC(=O)N(CCCSCCN)[C@@H]1O[C@H](CO)[C@@H](O[C@@H]2O[C@H](CO)[C@H](O)[C@H](O[C@H]3O[C@H](CO)[C@H](O)[C@H](O)[C@H]3O)[C@H]2O)[C@H](O)[C@H]1O. The minimum atomic E-state index is -1.93. The van der Waals surface area contributed by atoms with Crippen LogP contribution in [0, 0.1) is 0 Å². The number of aliphatic hydroxyl groups excluding tert-OH is 10. The molecule has 0 aromatic rings. The number of amides is 1. The Morgan fingerprint density at radius 1 is 0.705 bits per heavy atom. The maximum atomic E-state index is 12.4. The van der Waals surface area contributed by atoms with Gasteiger partial charge in [-0.3, -0.25) is 4.79 Å². The number of rotatable bonds is 14. The topological polar surface area (TPSA) is 295 Å². The third-order valence-corrected chi connectivity index (χ3v) is 8.86. The van der Waals surface area contributed by atoms with Crippen molar-refractivity contribution in [3.63, 3.8) is 0 Å². The lowest BCUT2D eigenvalue weighted by Crippen LogP contribution is -2.68. The Balaban J connectivity index is 1.75. The van der Waals surface area contributed by atoms with Gasteiger partial charge in [-0.2, -0.15) is 11.8 Å². The van der Waals surface area contributed by atoms with E-state index in [4.69, 9.17) is 29.4 Å². The molecule has 258 valence electrons. The summed E-state index contributed by atoms with van der Waals surface area (Å²) in [6, 6.07) is 0. The van der Waals surface area contributed by atoms with E-state index in [9.17, 15) is 55.9 Å². The highest BCUT2D eigenvalue weighted by molar-refractivity contribution is 7.99. The average molecular weight is 663 g/mol. The van der Waals surface area contributed by atoms with Crippen LogP contribution < -0.4 is 5.73 Å². The molecular weight excluding hydrogens is 616 g/mol. The van der Waals surface area contributed by atoms with E-state index in [0.717, 1.165) is 5.75 Å². The molecule has 0 aromatic carbocycles. The second-order valence-electron chi connectivity index (χ2n) is 10.8. The molecule has 0 bridgehead atoms. The van der Waals surface area contributed by atoms with Crippen LogP contribution in [0.5, 0.6) is 0 Å². The Labute approximate surface area is 257 Å². The molecule has 12 N–H and O–H groups in total. The Morgan fingerprint density at radius 3 is 1.84 bits per heavy atom. The molecule has 15 atom stereocenters. The quantitative estimate of drug-likeness (QED) is 0.0770. The predicted octanol–water partition coefficient (Wildman–Crippen LogP) is -6.63. The van der Waals surface area contributed by atoms with Crippen LogP contribution in [-0.4, -0.2) is 198 Å². The summed E-state index contributed by atoms with van der Waals surface area (Å²) in [5.41, 5.74) is 5.49. The third-order valence-electron chi connectivity index (χ3n) is 7.75. The lowest BCUT2D eigenvalue weighted by atomic mass is 9.95. The molecular formula is C25H46N2O16S. The number of hydrogen-bond acceptors (Lipinski definition) is 18. The van der Waals surface area contributed by atoms with Gasteiger partial charge in [0.15, 0.2) is 18.8 Å². The highest BCUT2D eigenvalue weighted by Gasteiger charge is 2.54. The first-order valence-electron chi connectivity index (χ1n) is 14.3. The predicted molar refractivity (Wildman–Crippen MR) is 147 cm³/mol. The van der Waals surface area contributed by atoms with Crippen LogP contribution in [0.3, 0.4) is 0 Å². The molecule has 3 heterocycles. The van der Waals surface area contributed by atoms with Gasteiger partial charge in [0.25, 0.3) is 0 Å². The van der Waals surface area contributed by atoms with Gasteiger partial charge in [-0.25, -0.2) is 0 Å². The number of carbonyl (C=O) groups excluding carboxylic acids is 1. The van der Waals surface area contributed by atoms with Gasteiger partial charge in [0.1, 0.15) is 73.2 Å². The maximum absolute atomic E-state index is 12.4. The van der Waals surface area contributed by atoms with Crippen molar-refractivity contribution in [3.8, 4) is 0 Å². The normalized spacial score (nSPS) is 43.1. The van der Waals surface area contributed by atoms with E-state index in [1.54, 1.807) is 11.8 Å². The minimum absolute atomic E-state index is 0.169. The fourth-order valence-corrected chi connectivity index (χ4v) is 6.00. The van der Waals surface area contributed by atoms with Gasteiger partial charge in [-0.05, 0) is 12.2 Å². The highest BCUT2D eigenvalue weighted by atomic mass is 32.2. The number of hydrogen-bond donors (Lipinski definition) is 11. The van der Waals surface area contributed by atoms with Crippen LogP contribution in [0.25, 0.3) is 0 Å². The summed E-state index contributed by atoms with van der Waals surface area (Å²) in [4.78, 5) is 13.6. The fourth-order valence-electron chi connectivity index (χ4n) is 5.29. The van der Waals surface area contributed by atoms with Crippen molar-refractivity contribution in [2.45, 2.75) is 105 Å². The minimum Gasteiger partial charge on any atom is -0.394 e. The summed E-state index contributed by atoms with van der Waals surface area (Å²) < 4.78 is 27.8. The van der Waals surface area contributed by atoms with E-state index >= 15 is 0 Å². The maximum Gasteiger partial charge on any atom is 0.221 e. The first kappa shape index (κ1) is 37.6. The Morgan fingerprint density at radius 2 is 1.27 bits per heavy atom. The number of thioether (sulfide) groups is 1. The van der Waals surface area contributed by atoms with Crippen LogP contribution in [0.2, 0.25) is 0 Å². The average Bonchev–Trinajstić information content (AvgIpc) is 3.00. The number of carbonyl (C=O) groups is 1. The van der Waals surface area contributed by atoms with Crippen molar-refractivity contribution in [1.29, 1.82) is 0 Å². The second kappa shape index (κ2) is 17.4. The summed E-state index contributed by atoms with van der Waals surface area (Å²) in [5.74, 6) is 0.938. The standard InChI is InChI=1S/C25H46N2O16S/c1-10(31)27(4-2-5-44-6-3-26)23-18(36)17(35)21(13(9-30)39-23)42-25-20(38)22(15(33)12(8-29)41-25)43-24-19(37)16(34)14(32)11(7-28)40-24/h11-25,28-30,32-38H,2-9,26H2,1H3/t11-,12-,13-,14+,15+,16+,17-,18-,19-,20-,21-,22+,23-,24-,25+/m1/s1. The Bertz CT molecular complexity index is 878. The van der Waals surface area contributed by atoms with E-state index in [0.29, 0.717) is 18.7 Å². The zero-order valence-electron chi connectivity index (χ0n) is 24.2. The summed E-state index contributed by atoms with van der Waals surface area (Å²) in [5, 5.41) is 103. The van der Waals surface area contributed by atoms with Crippen molar-refractivity contribution in [1.82, 2.24) is 4.90 Å². The largest absolute Gasteiger partial charge is 0.394 e. The summed E-state index contributed by atoms with van der Waals surface area (Å²) in [6.45, 7) is -0.430. The Hall–Kier alpha value is -0.820. The molecule has 3 aliphatic heterocycles. The van der Waals surface area contributed by atoms with Gasteiger partial charge in [-0.15, -0.1) is 0 Å². The lowest BCUT2D eigenvalue weighted by Gasteiger charge is -2.49. The van der Waals surface area contributed by atoms with E-state index in [-0.39, 0.29) is 6.54 Å². The molecule has 3 saturated heterocycles. The fraction of sp³-hybridized carbons (Fsp3) is 0.960. The molecule has 18 nitrogen and oxygen atoms in total. The molecule has 44 heavy (non-hydrogen) atoms. The summed E-state index contributed by atoms with van der Waals surface area (Å²) >= 11 is 1.58. The van der Waals surface area contributed by atoms with Crippen LogP contribution in [0.15, 0.2) is 0 Å². The van der Waals surface area contributed by atoms with Gasteiger partial charge >= 0.3 is 0 Å². The van der Waals surface area contributed by atoms with Crippen molar-refractivity contribution in [2.24, 2.45) is 5.73 Å². The van der Waals surface area contributed by atoms with Crippen LogP contribution in [-0.2, 0) is 28.5 Å². The van der Waals surface area contributed by atoms with E-state index < -0.39 is 118 Å². The Kier molecular flexibility index (Phi) is 14.9. The molecule has 1 amide bonds. The molecule has 0 aromatic heterocycles. The number of nitrogens with two attached hydrogens (primary N) is 1. The van der Waals surface area contributed by atoms with Crippen molar-refractivity contribution >= 4 is 17.7 Å². The van der Waals surface area contributed by atoms with Crippen molar-refractivity contribution in [3.05, 3.63) is 0 Å². The van der Waals surface area contributed by atoms with Gasteiger partial charge in [-0.1, -0.05) is 0 Å². The van der Waals surface area contributed by atoms with E-state index in [1.807, 2.05) is 0 Å². The molecule has 3 fully saturated rings.